The molecule has 4 heteroatoms. The van der Waals surface area contributed by atoms with E-state index in [-0.39, 0.29) is 23.2 Å². The summed E-state index contributed by atoms with van der Waals surface area (Å²) < 4.78 is 13.3. The Bertz CT molecular complexity index is 441. The fraction of sp³-hybridized carbons (Fsp3) is 0.500. The van der Waals surface area contributed by atoms with Crippen molar-refractivity contribution in [2.75, 3.05) is 5.73 Å². The van der Waals surface area contributed by atoms with Gasteiger partial charge in [-0.1, -0.05) is 18.9 Å². The molecule has 1 aromatic rings. The maximum absolute atomic E-state index is 13.3. The van der Waals surface area contributed by atoms with Crippen LogP contribution in [0.2, 0.25) is 0 Å². The second-order valence-electron chi connectivity index (χ2n) is 5.01. The number of benzene rings is 1. The zero-order valence-corrected chi connectivity index (χ0v) is 10.6. The molecule has 0 saturated heterocycles. The van der Waals surface area contributed by atoms with Gasteiger partial charge in [-0.25, -0.2) is 4.39 Å². The number of nitrogens with two attached hydrogens (primary N) is 1. The van der Waals surface area contributed by atoms with E-state index in [1.165, 1.54) is 25.0 Å². The van der Waals surface area contributed by atoms with E-state index in [9.17, 15) is 9.18 Å². The molecular formula is C14H19FN2O. The molecule has 3 N–H and O–H groups in total. The Hall–Kier alpha value is -1.58. The topological polar surface area (TPSA) is 55.1 Å². The summed E-state index contributed by atoms with van der Waals surface area (Å²) in [6, 6.07) is 4.42. The first-order valence-electron chi connectivity index (χ1n) is 6.44. The van der Waals surface area contributed by atoms with Crippen LogP contribution < -0.4 is 11.1 Å². The van der Waals surface area contributed by atoms with Gasteiger partial charge in [0.25, 0.3) is 5.91 Å². The Morgan fingerprint density at radius 2 is 2.11 bits per heavy atom. The summed E-state index contributed by atoms with van der Waals surface area (Å²) in [5.41, 5.74) is 5.72. The zero-order chi connectivity index (χ0) is 13.1. The Morgan fingerprint density at radius 1 is 1.44 bits per heavy atom. The number of hydrogen-bond donors (Lipinski definition) is 2. The molecule has 0 aliphatic heterocycles. The van der Waals surface area contributed by atoms with Crippen LogP contribution in [0.4, 0.5) is 10.1 Å². The van der Waals surface area contributed by atoms with Gasteiger partial charge < -0.3 is 11.1 Å². The average Bonchev–Trinajstić information content (AvgIpc) is 2.86. The Labute approximate surface area is 107 Å². The van der Waals surface area contributed by atoms with Crippen LogP contribution >= 0.6 is 0 Å². The van der Waals surface area contributed by atoms with E-state index in [4.69, 9.17) is 5.73 Å². The number of nitrogens with one attached hydrogen (secondary N) is 1. The van der Waals surface area contributed by atoms with Crippen molar-refractivity contribution in [1.29, 1.82) is 0 Å². The molecule has 2 rings (SSSR count). The molecule has 18 heavy (non-hydrogen) atoms. The summed E-state index contributed by atoms with van der Waals surface area (Å²) in [6.45, 7) is 2.00. The Balaban J connectivity index is 2.05. The highest BCUT2D eigenvalue weighted by Gasteiger charge is 2.23. The van der Waals surface area contributed by atoms with Gasteiger partial charge in [0.2, 0.25) is 0 Å². The van der Waals surface area contributed by atoms with E-state index < -0.39 is 5.82 Å². The van der Waals surface area contributed by atoms with Crippen molar-refractivity contribution in [2.45, 2.75) is 38.6 Å². The summed E-state index contributed by atoms with van der Waals surface area (Å²) in [5.74, 6) is -0.300. The second kappa shape index (κ2) is 5.38. The number of para-hydroxylation sites is 1. The van der Waals surface area contributed by atoms with Gasteiger partial charge in [-0.2, -0.15) is 0 Å². The zero-order valence-electron chi connectivity index (χ0n) is 10.6. The van der Waals surface area contributed by atoms with Crippen molar-refractivity contribution >= 4 is 11.6 Å². The van der Waals surface area contributed by atoms with Crippen LogP contribution in [0.15, 0.2) is 18.2 Å². The third-order valence-corrected chi connectivity index (χ3v) is 3.76. The molecule has 1 atom stereocenters. The minimum absolute atomic E-state index is 0.0754. The van der Waals surface area contributed by atoms with Gasteiger partial charge in [0.1, 0.15) is 5.82 Å². The molecule has 1 aliphatic carbocycles. The summed E-state index contributed by atoms with van der Waals surface area (Å²) >= 11 is 0. The lowest BCUT2D eigenvalue weighted by molar-refractivity contribution is 0.0928. The maximum Gasteiger partial charge on any atom is 0.253 e. The average molecular weight is 250 g/mol. The van der Waals surface area contributed by atoms with Crippen LogP contribution in [-0.2, 0) is 0 Å². The SMILES string of the molecule is C[C@H](NC(=O)c1cccc(F)c1N)C1CCCC1. The number of anilines is 1. The van der Waals surface area contributed by atoms with Crippen molar-refractivity contribution in [1.82, 2.24) is 5.32 Å². The molecular weight excluding hydrogens is 231 g/mol. The van der Waals surface area contributed by atoms with E-state index in [1.807, 2.05) is 6.92 Å². The highest BCUT2D eigenvalue weighted by molar-refractivity contribution is 5.99. The predicted molar refractivity (Wildman–Crippen MR) is 69.7 cm³/mol. The first-order valence-corrected chi connectivity index (χ1v) is 6.44. The molecule has 0 bridgehead atoms. The summed E-state index contributed by atoms with van der Waals surface area (Å²) in [7, 11) is 0. The lowest BCUT2D eigenvalue weighted by atomic mass is 9.99. The van der Waals surface area contributed by atoms with Crippen molar-refractivity contribution in [3.05, 3.63) is 29.6 Å². The molecule has 1 aromatic carbocycles. The number of carbonyl (C=O) groups excluding carboxylic acids is 1. The van der Waals surface area contributed by atoms with Crippen LogP contribution in [0.1, 0.15) is 43.0 Å². The molecule has 98 valence electrons. The number of rotatable bonds is 3. The van der Waals surface area contributed by atoms with Crippen LogP contribution in [0.25, 0.3) is 0 Å². The molecule has 1 aliphatic rings. The number of hydrogen-bond acceptors (Lipinski definition) is 2. The molecule has 0 unspecified atom stereocenters. The van der Waals surface area contributed by atoms with Gasteiger partial charge in [0.05, 0.1) is 11.3 Å². The highest BCUT2D eigenvalue weighted by atomic mass is 19.1. The number of nitrogen functional groups attached to an aromatic ring is 1. The largest absolute Gasteiger partial charge is 0.396 e. The molecule has 1 fully saturated rings. The van der Waals surface area contributed by atoms with E-state index in [0.717, 1.165) is 12.8 Å². The van der Waals surface area contributed by atoms with Gasteiger partial charge in [0, 0.05) is 6.04 Å². The summed E-state index contributed by atoms with van der Waals surface area (Å²) in [6.07, 6.45) is 4.76. The molecule has 0 aromatic heterocycles. The third kappa shape index (κ3) is 2.63. The minimum atomic E-state index is -0.545. The second-order valence-corrected chi connectivity index (χ2v) is 5.01. The predicted octanol–water partition coefficient (Wildman–Crippen LogP) is 2.72. The van der Waals surface area contributed by atoms with Crippen LogP contribution in [-0.4, -0.2) is 11.9 Å². The standard InChI is InChI=1S/C14H19FN2O/c1-9(10-5-2-3-6-10)17-14(18)11-7-4-8-12(15)13(11)16/h4,7-10H,2-3,5-6,16H2,1H3,(H,17,18)/t9-/m0/s1. The van der Waals surface area contributed by atoms with Gasteiger partial charge in [0.15, 0.2) is 0 Å². The monoisotopic (exact) mass is 250 g/mol. The van der Waals surface area contributed by atoms with Gasteiger partial charge in [-0.05, 0) is 37.8 Å². The molecule has 0 heterocycles. The van der Waals surface area contributed by atoms with Gasteiger partial charge in [-0.3, -0.25) is 4.79 Å². The number of halogens is 1. The molecule has 0 spiro atoms. The Kier molecular flexibility index (Phi) is 3.84. The lowest BCUT2D eigenvalue weighted by Gasteiger charge is -2.20. The van der Waals surface area contributed by atoms with Gasteiger partial charge >= 0.3 is 0 Å². The first-order chi connectivity index (χ1) is 8.59. The summed E-state index contributed by atoms with van der Waals surface area (Å²) in [4.78, 5) is 12.0. The van der Waals surface area contributed by atoms with Crippen LogP contribution in [0.3, 0.4) is 0 Å². The molecule has 1 amide bonds. The Morgan fingerprint density at radius 3 is 2.78 bits per heavy atom. The number of amides is 1. The van der Waals surface area contributed by atoms with E-state index in [1.54, 1.807) is 6.07 Å². The van der Waals surface area contributed by atoms with Crippen molar-refractivity contribution < 1.29 is 9.18 Å². The van der Waals surface area contributed by atoms with Crippen molar-refractivity contribution in [2.24, 2.45) is 5.92 Å². The fourth-order valence-electron chi connectivity index (χ4n) is 2.59. The van der Waals surface area contributed by atoms with Gasteiger partial charge in [-0.15, -0.1) is 0 Å². The molecule has 3 nitrogen and oxygen atoms in total. The highest BCUT2D eigenvalue weighted by Crippen LogP contribution is 2.27. The van der Waals surface area contributed by atoms with E-state index in [0.29, 0.717) is 5.92 Å². The fourth-order valence-corrected chi connectivity index (χ4v) is 2.59. The van der Waals surface area contributed by atoms with Crippen LogP contribution in [0.5, 0.6) is 0 Å². The van der Waals surface area contributed by atoms with Crippen molar-refractivity contribution in [3.63, 3.8) is 0 Å². The quantitative estimate of drug-likeness (QED) is 0.810. The van der Waals surface area contributed by atoms with E-state index in [2.05, 4.69) is 5.32 Å². The minimum Gasteiger partial charge on any atom is -0.396 e. The third-order valence-electron chi connectivity index (χ3n) is 3.76. The number of carbonyl (C=O) groups is 1. The summed E-state index contributed by atoms with van der Waals surface area (Å²) in [5, 5.41) is 2.92. The smallest absolute Gasteiger partial charge is 0.253 e. The lowest BCUT2D eigenvalue weighted by Crippen LogP contribution is -2.37. The molecule has 1 saturated carbocycles. The van der Waals surface area contributed by atoms with E-state index >= 15 is 0 Å². The normalized spacial score (nSPS) is 17.7. The van der Waals surface area contributed by atoms with Crippen LogP contribution in [0, 0.1) is 11.7 Å². The first kappa shape index (κ1) is 12.9. The maximum atomic E-state index is 13.3. The van der Waals surface area contributed by atoms with Crippen molar-refractivity contribution in [3.8, 4) is 0 Å². The molecule has 0 radical (unpaired) electrons.